The quantitative estimate of drug-likeness (QED) is 0.568. The lowest BCUT2D eigenvalue weighted by Crippen LogP contribution is -2.40. The highest BCUT2D eigenvalue weighted by molar-refractivity contribution is 5.81. The topological polar surface area (TPSA) is 67.2 Å². The summed E-state index contributed by atoms with van der Waals surface area (Å²) in [5.74, 6) is 0.952. The van der Waals surface area contributed by atoms with Crippen LogP contribution in [0.5, 0.6) is 0 Å². The van der Waals surface area contributed by atoms with Gasteiger partial charge in [0.1, 0.15) is 12.4 Å². The molecule has 0 saturated heterocycles. The second-order valence-corrected chi connectivity index (χ2v) is 9.10. The van der Waals surface area contributed by atoms with Gasteiger partial charge < -0.3 is 14.8 Å². The number of benzene rings is 2. The number of aryl methyl sites for hydroxylation is 1. The highest BCUT2D eigenvalue weighted by atomic mass is 16.2. The molecule has 2 aromatic carbocycles. The maximum Gasteiger partial charge on any atom is 0.242 e. The Morgan fingerprint density at radius 1 is 1.06 bits per heavy atom. The van der Waals surface area contributed by atoms with E-state index in [0.29, 0.717) is 25.4 Å². The standard InChI is InChI=1S/C27H34N4O2/c1-20-10-6-7-11-21(20)18-26(32)28-17-16-25-29-23-14-8-9-15-24(23)31(25)19-27(33)30(2)22-12-4-3-5-13-22/h6-11,14-15,22H,3-5,12-13,16-19H2,1-2H3,(H,28,32). The SMILES string of the molecule is Cc1ccccc1CC(=O)NCCc1nc2ccccc2n1CC(=O)N(C)C1CCCCC1. The first-order chi connectivity index (χ1) is 16.0. The van der Waals surface area contributed by atoms with Crippen LogP contribution in [0.25, 0.3) is 11.0 Å². The minimum atomic E-state index is 0.0000642. The van der Waals surface area contributed by atoms with Gasteiger partial charge in [0, 0.05) is 26.1 Å². The lowest BCUT2D eigenvalue weighted by Gasteiger charge is -2.31. The molecule has 0 unspecified atom stereocenters. The van der Waals surface area contributed by atoms with E-state index in [4.69, 9.17) is 4.98 Å². The Hall–Kier alpha value is -3.15. The van der Waals surface area contributed by atoms with E-state index >= 15 is 0 Å². The summed E-state index contributed by atoms with van der Waals surface area (Å²) in [4.78, 5) is 32.3. The predicted octanol–water partition coefficient (Wildman–Crippen LogP) is 4.04. The summed E-state index contributed by atoms with van der Waals surface area (Å²) in [5.41, 5.74) is 4.00. The van der Waals surface area contributed by atoms with Gasteiger partial charge >= 0.3 is 0 Å². The maximum atomic E-state index is 13.1. The van der Waals surface area contributed by atoms with Crippen molar-refractivity contribution in [3.8, 4) is 0 Å². The van der Waals surface area contributed by atoms with Crippen molar-refractivity contribution in [2.45, 2.75) is 64.5 Å². The van der Waals surface area contributed by atoms with Crippen molar-refractivity contribution in [2.24, 2.45) is 0 Å². The number of fused-ring (bicyclic) bond motifs is 1. The summed E-state index contributed by atoms with van der Waals surface area (Å²) in [6.07, 6.45) is 6.79. The first-order valence-electron chi connectivity index (χ1n) is 12.0. The van der Waals surface area contributed by atoms with Crippen LogP contribution < -0.4 is 5.32 Å². The van der Waals surface area contributed by atoms with Gasteiger partial charge in [-0.05, 0) is 43.0 Å². The van der Waals surface area contributed by atoms with E-state index in [9.17, 15) is 9.59 Å². The van der Waals surface area contributed by atoms with Gasteiger partial charge in [0.15, 0.2) is 0 Å². The van der Waals surface area contributed by atoms with Crippen LogP contribution in [-0.2, 0) is 29.0 Å². The normalized spacial score (nSPS) is 14.4. The van der Waals surface area contributed by atoms with Crippen molar-refractivity contribution >= 4 is 22.8 Å². The van der Waals surface area contributed by atoms with Crippen LogP contribution in [0.4, 0.5) is 0 Å². The molecule has 6 nitrogen and oxygen atoms in total. The molecule has 1 N–H and O–H groups in total. The largest absolute Gasteiger partial charge is 0.355 e. The van der Waals surface area contributed by atoms with E-state index in [1.807, 2.05) is 72.0 Å². The number of para-hydroxylation sites is 2. The Morgan fingerprint density at radius 2 is 1.79 bits per heavy atom. The molecule has 0 bridgehead atoms. The molecule has 1 heterocycles. The number of aromatic nitrogens is 2. The van der Waals surface area contributed by atoms with E-state index in [1.165, 1.54) is 19.3 Å². The summed E-state index contributed by atoms with van der Waals surface area (Å²) in [7, 11) is 1.93. The van der Waals surface area contributed by atoms with Crippen molar-refractivity contribution in [3.63, 3.8) is 0 Å². The molecule has 33 heavy (non-hydrogen) atoms. The summed E-state index contributed by atoms with van der Waals surface area (Å²) < 4.78 is 2.02. The van der Waals surface area contributed by atoms with Crippen molar-refractivity contribution in [3.05, 3.63) is 65.5 Å². The first-order valence-corrected chi connectivity index (χ1v) is 12.0. The molecule has 1 aliphatic carbocycles. The van der Waals surface area contributed by atoms with Gasteiger partial charge in [0.05, 0.1) is 17.5 Å². The highest BCUT2D eigenvalue weighted by Gasteiger charge is 2.23. The molecule has 0 aliphatic heterocycles. The average Bonchev–Trinajstić information content (AvgIpc) is 3.17. The maximum absolute atomic E-state index is 13.1. The van der Waals surface area contributed by atoms with Crippen LogP contribution in [0.15, 0.2) is 48.5 Å². The predicted molar refractivity (Wildman–Crippen MR) is 131 cm³/mol. The van der Waals surface area contributed by atoms with Crippen LogP contribution in [-0.4, -0.2) is 45.9 Å². The summed E-state index contributed by atoms with van der Waals surface area (Å²) in [6.45, 7) is 2.78. The number of hydrogen-bond acceptors (Lipinski definition) is 3. The zero-order valence-corrected chi connectivity index (χ0v) is 19.7. The zero-order chi connectivity index (χ0) is 23.2. The number of likely N-dealkylation sites (N-methyl/N-ethyl adjacent to an activating group) is 1. The Bertz CT molecular complexity index is 1110. The average molecular weight is 447 g/mol. The number of nitrogens with zero attached hydrogens (tertiary/aromatic N) is 3. The molecule has 6 heteroatoms. The second-order valence-electron chi connectivity index (χ2n) is 9.10. The lowest BCUT2D eigenvalue weighted by atomic mass is 9.94. The number of amides is 2. The molecule has 174 valence electrons. The molecule has 3 aromatic rings. The minimum Gasteiger partial charge on any atom is -0.355 e. The van der Waals surface area contributed by atoms with Crippen LogP contribution in [0.1, 0.15) is 49.1 Å². The van der Waals surface area contributed by atoms with Crippen molar-refractivity contribution < 1.29 is 9.59 Å². The van der Waals surface area contributed by atoms with Crippen LogP contribution in [0, 0.1) is 6.92 Å². The smallest absolute Gasteiger partial charge is 0.242 e. The van der Waals surface area contributed by atoms with Gasteiger partial charge in [0.2, 0.25) is 11.8 Å². The Balaban J connectivity index is 1.42. The third kappa shape index (κ3) is 5.62. The summed E-state index contributed by atoms with van der Waals surface area (Å²) in [6, 6.07) is 16.2. The van der Waals surface area contributed by atoms with Gasteiger partial charge in [-0.2, -0.15) is 0 Å². The van der Waals surface area contributed by atoms with Crippen molar-refractivity contribution in [2.75, 3.05) is 13.6 Å². The number of carbonyl (C=O) groups is 2. The van der Waals surface area contributed by atoms with Gasteiger partial charge in [-0.25, -0.2) is 4.98 Å². The van der Waals surface area contributed by atoms with E-state index in [0.717, 1.165) is 40.8 Å². The van der Waals surface area contributed by atoms with Gasteiger partial charge in [-0.15, -0.1) is 0 Å². The van der Waals surface area contributed by atoms with Crippen molar-refractivity contribution in [1.82, 2.24) is 19.8 Å². The van der Waals surface area contributed by atoms with Crippen LogP contribution in [0.2, 0.25) is 0 Å². The van der Waals surface area contributed by atoms with E-state index in [2.05, 4.69) is 5.32 Å². The van der Waals surface area contributed by atoms with Gasteiger partial charge in [0.25, 0.3) is 0 Å². The van der Waals surface area contributed by atoms with Gasteiger partial charge in [-0.1, -0.05) is 55.7 Å². The number of imidazole rings is 1. The number of rotatable bonds is 8. The molecule has 1 fully saturated rings. The monoisotopic (exact) mass is 446 g/mol. The molecule has 4 rings (SSSR count). The van der Waals surface area contributed by atoms with Crippen molar-refractivity contribution in [1.29, 1.82) is 0 Å². The molecule has 0 radical (unpaired) electrons. The molecule has 0 atom stereocenters. The highest BCUT2D eigenvalue weighted by Crippen LogP contribution is 2.23. The molecule has 0 spiro atoms. The minimum absolute atomic E-state index is 0.0000642. The lowest BCUT2D eigenvalue weighted by molar-refractivity contribution is -0.133. The number of hydrogen-bond donors (Lipinski definition) is 1. The molecular formula is C27H34N4O2. The van der Waals surface area contributed by atoms with Crippen LogP contribution >= 0.6 is 0 Å². The van der Waals surface area contributed by atoms with Gasteiger partial charge in [-0.3, -0.25) is 9.59 Å². The number of nitrogens with one attached hydrogen (secondary N) is 1. The third-order valence-corrected chi connectivity index (χ3v) is 6.83. The molecular weight excluding hydrogens is 412 g/mol. The second kappa shape index (κ2) is 10.6. The Kier molecular flexibility index (Phi) is 7.43. The van der Waals surface area contributed by atoms with E-state index < -0.39 is 0 Å². The Morgan fingerprint density at radius 3 is 2.58 bits per heavy atom. The fraction of sp³-hybridized carbons (Fsp3) is 0.444. The van der Waals surface area contributed by atoms with E-state index in [1.54, 1.807) is 0 Å². The molecule has 1 aromatic heterocycles. The van der Waals surface area contributed by atoms with E-state index in [-0.39, 0.29) is 18.4 Å². The molecule has 1 saturated carbocycles. The zero-order valence-electron chi connectivity index (χ0n) is 19.7. The fourth-order valence-corrected chi connectivity index (χ4v) is 4.77. The summed E-state index contributed by atoms with van der Waals surface area (Å²) in [5, 5.41) is 3.02. The van der Waals surface area contributed by atoms with Crippen LogP contribution in [0.3, 0.4) is 0 Å². The Labute approximate surface area is 196 Å². The first kappa shape index (κ1) is 23.0. The third-order valence-electron chi connectivity index (χ3n) is 6.83. The molecule has 1 aliphatic rings. The molecule has 2 amide bonds. The number of carbonyl (C=O) groups excluding carboxylic acids is 2. The summed E-state index contributed by atoms with van der Waals surface area (Å²) >= 11 is 0. The fourth-order valence-electron chi connectivity index (χ4n) is 4.77.